The number of nitrogens with two attached hydrogens (primary N) is 1. The van der Waals surface area contributed by atoms with Crippen LogP contribution in [0.2, 0.25) is 0 Å². The van der Waals surface area contributed by atoms with Gasteiger partial charge in [0.1, 0.15) is 0 Å². The van der Waals surface area contributed by atoms with Gasteiger partial charge in [-0.2, -0.15) is 0 Å². The molecule has 4 heteroatoms. The van der Waals surface area contributed by atoms with Crippen molar-refractivity contribution < 1.29 is 4.79 Å². The van der Waals surface area contributed by atoms with Crippen molar-refractivity contribution in [2.24, 2.45) is 11.1 Å². The van der Waals surface area contributed by atoms with Gasteiger partial charge in [-0.25, -0.2) is 0 Å². The van der Waals surface area contributed by atoms with E-state index >= 15 is 0 Å². The Hall–Kier alpha value is -1.06. The van der Waals surface area contributed by atoms with Crippen molar-refractivity contribution in [1.29, 1.82) is 0 Å². The molecule has 1 atom stereocenters. The Kier molecular flexibility index (Phi) is 6.89. The lowest BCUT2D eigenvalue weighted by atomic mass is 9.85. The number of benzene rings is 1. The van der Waals surface area contributed by atoms with E-state index in [-0.39, 0.29) is 29.8 Å². The number of carbonyl (C=O) groups excluding carboxylic acids is 1. The fourth-order valence-corrected chi connectivity index (χ4v) is 3.18. The molecular weight excluding hydrogens is 296 g/mol. The maximum absolute atomic E-state index is 12.6. The van der Waals surface area contributed by atoms with Crippen LogP contribution < -0.4 is 11.1 Å². The molecule has 1 unspecified atom stereocenters. The van der Waals surface area contributed by atoms with Crippen molar-refractivity contribution in [3.05, 3.63) is 35.4 Å². The largest absolute Gasteiger partial charge is 0.349 e. The van der Waals surface area contributed by atoms with E-state index in [4.69, 9.17) is 5.73 Å². The summed E-state index contributed by atoms with van der Waals surface area (Å²) in [6, 6.07) is 8.56. The number of hydrogen-bond acceptors (Lipinski definition) is 2. The van der Waals surface area contributed by atoms with E-state index in [2.05, 4.69) is 43.4 Å². The van der Waals surface area contributed by atoms with Gasteiger partial charge in [0.2, 0.25) is 5.91 Å². The highest BCUT2D eigenvalue weighted by Crippen LogP contribution is 2.37. The second-order valence-corrected chi connectivity index (χ2v) is 6.71. The van der Waals surface area contributed by atoms with Gasteiger partial charge in [-0.15, -0.1) is 12.4 Å². The normalized spacial score (nSPS) is 17.9. The van der Waals surface area contributed by atoms with Gasteiger partial charge in [0.05, 0.1) is 11.5 Å². The summed E-state index contributed by atoms with van der Waals surface area (Å²) in [4.78, 5) is 12.6. The molecule has 3 N–H and O–H groups in total. The smallest absolute Gasteiger partial charge is 0.227 e. The maximum Gasteiger partial charge on any atom is 0.227 e. The minimum absolute atomic E-state index is 0. The molecule has 0 saturated heterocycles. The van der Waals surface area contributed by atoms with Crippen LogP contribution in [0.3, 0.4) is 0 Å². The first-order valence-corrected chi connectivity index (χ1v) is 8.09. The quantitative estimate of drug-likeness (QED) is 0.862. The summed E-state index contributed by atoms with van der Waals surface area (Å²) < 4.78 is 0. The van der Waals surface area contributed by atoms with Crippen LogP contribution in [-0.4, -0.2) is 12.5 Å². The van der Waals surface area contributed by atoms with Crippen LogP contribution in [0.1, 0.15) is 69.5 Å². The molecule has 1 fully saturated rings. The van der Waals surface area contributed by atoms with Crippen molar-refractivity contribution in [3.63, 3.8) is 0 Å². The molecule has 124 valence electrons. The average molecular weight is 325 g/mol. The van der Waals surface area contributed by atoms with Gasteiger partial charge in [0.25, 0.3) is 0 Å². The standard InChI is InChI=1S/C18H28N2O.ClH/c1-13(2)15-6-8-16(9-7-15)14(3)20-17(21)18(12-19)10-4-5-11-18;/h6-9,13-14H,4-5,10-12,19H2,1-3H3,(H,20,21);1H. The van der Waals surface area contributed by atoms with Crippen molar-refractivity contribution in [2.75, 3.05) is 6.54 Å². The first-order chi connectivity index (χ1) is 9.98. The SMILES string of the molecule is CC(C)c1ccc(C(C)NC(=O)C2(CN)CCCC2)cc1.Cl. The third-order valence-electron chi connectivity index (χ3n) is 4.88. The van der Waals surface area contributed by atoms with Crippen LogP contribution in [0.15, 0.2) is 24.3 Å². The van der Waals surface area contributed by atoms with Crippen molar-refractivity contribution in [3.8, 4) is 0 Å². The number of amides is 1. The molecule has 0 radical (unpaired) electrons. The molecule has 2 rings (SSSR count). The summed E-state index contributed by atoms with van der Waals surface area (Å²) in [5, 5.41) is 3.16. The van der Waals surface area contributed by atoms with Gasteiger partial charge in [-0.05, 0) is 36.8 Å². The van der Waals surface area contributed by atoms with E-state index in [0.29, 0.717) is 12.5 Å². The molecule has 1 aliphatic carbocycles. The molecule has 0 spiro atoms. The lowest BCUT2D eigenvalue weighted by Gasteiger charge is -2.28. The van der Waals surface area contributed by atoms with Gasteiger partial charge in [-0.1, -0.05) is 51.0 Å². The topological polar surface area (TPSA) is 55.1 Å². The fourth-order valence-electron chi connectivity index (χ4n) is 3.18. The Bertz CT molecular complexity index is 478. The summed E-state index contributed by atoms with van der Waals surface area (Å²) in [6.45, 7) is 6.87. The highest BCUT2D eigenvalue weighted by molar-refractivity contribution is 5.85. The third kappa shape index (κ3) is 4.02. The van der Waals surface area contributed by atoms with Crippen LogP contribution in [0, 0.1) is 5.41 Å². The van der Waals surface area contributed by atoms with Gasteiger partial charge in [0.15, 0.2) is 0 Å². The van der Waals surface area contributed by atoms with Crippen LogP contribution in [0.5, 0.6) is 0 Å². The molecule has 0 aromatic heterocycles. The zero-order valence-corrected chi connectivity index (χ0v) is 14.7. The summed E-state index contributed by atoms with van der Waals surface area (Å²) in [5.74, 6) is 0.658. The molecule has 0 heterocycles. The van der Waals surface area contributed by atoms with E-state index < -0.39 is 0 Å². The zero-order valence-electron chi connectivity index (χ0n) is 13.9. The Balaban J connectivity index is 0.00000242. The molecule has 22 heavy (non-hydrogen) atoms. The van der Waals surface area contributed by atoms with Crippen LogP contribution in [0.4, 0.5) is 0 Å². The Morgan fingerprint density at radius 1 is 1.14 bits per heavy atom. The number of carbonyl (C=O) groups is 1. The predicted octanol–water partition coefficient (Wildman–Crippen LogP) is 3.93. The number of nitrogens with one attached hydrogen (secondary N) is 1. The van der Waals surface area contributed by atoms with Gasteiger partial charge < -0.3 is 11.1 Å². The zero-order chi connectivity index (χ0) is 15.5. The molecule has 0 aliphatic heterocycles. The molecular formula is C18H29ClN2O. The maximum atomic E-state index is 12.6. The summed E-state index contributed by atoms with van der Waals surface area (Å²) >= 11 is 0. The monoisotopic (exact) mass is 324 g/mol. The Morgan fingerprint density at radius 2 is 1.64 bits per heavy atom. The van der Waals surface area contributed by atoms with Gasteiger partial charge >= 0.3 is 0 Å². The first-order valence-electron chi connectivity index (χ1n) is 8.09. The molecule has 1 saturated carbocycles. The molecule has 1 amide bonds. The van der Waals surface area contributed by atoms with E-state index in [9.17, 15) is 4.79 Å². The first kappa shape index (κ1) is 19.0. The second kappa shape index (κ2) is 7.98. The molecule has 1 aromatic carbocycles. The molecule has 3 nitrogen and oxygen atoms in total. The summed E-state index contributed by atoms with van der Waals surface area (Å²) in [5.41, 5.74) is 8.03. The minimum Gasteiger partial charge on any atom is -0.349 e. The van der Waals surface area contributed by atoms with Crippen molar-refractivity contribution in [2.45, 2.75) is 58.4 Å². The number of hydrogen-bond donors (Lipinski definition) is 2. The van der Waals surface area contributed by atoms with Gasteiger partial charge in [-0.3, -0.25) is 4.79 Å². The molecule has 0 bridgehead atoms. The van der Waals surface area contributed by atoms with E-state index in [1.165, 1.54) is 5.56 Å². The second-order valence-electron chi connectivity index (χ2n) is 6.71. The highest BCUT2D eigenvalue weighted by Gasteiger charge is 2.40. The van der Waals surface area contributed by atoms with Crippen LogP contribution in [0.25, 0.3) is 0 Å². The van der Waals surface area contributed by atoms with Crippen LogP contribution >= 0.6 is 12.4 Å². The molecule has 1 aliphatic rings. The van der Waals surface area contributed by atoms with E-state index in [1.807, 2.05) is 6.92 Å². The minimum atomic E-state index is -0.327. The number of halogens is 1. The average Bonchev–Trinajstić information content (AvgIpc) is 2.97. The van der Waals surface area contributed by atoms with Gasteiger partial charge in [0, 0.05) is 6.54 Å². The summed E-state index contributed by atoms with van der Waals surface area (Å²) in [7, 11) is 0. The third-order valence-corrected chi connectivity index (χ3v) is 4.88. The van der Waals surface area contributed by atoms with E-state index in [0.717, 1.165) is 31.2 Å². The predicted molar refractivity (Wildman–Crippen MR) is 94.3 cm³/mol. The summed E-state index contributed by atoms with van der Waals surface area (Å²) in [6.07, 6.45) is 4.08. The van der Waals surface area contributed by atoms with Crippen molar-refractivity contribution in [1.82, 2.24) is 5.32 Å². The van der Waals surface area contributed by atoms with Crippen LogP contribution in [-0.2, 0) is 4.79 Å². The lowest BCUT2D eigenvalue weighted by Crippen LogP contribution is -2.44. The molecule has 1 aromatic rings. The Labute approximate surface area is 140 Å². The lowest BCUT2D eigenvalue weighted by molar-refractivity contribution is -0.131. The van der Waals surface area contributed by atoms with Crippen molar-refractivity contribution >= 4 is 18.3 Å². The fraction of sp³-hybridized carbons (Fsp3) is 0.611. The Morgan fingerprint density at radius 3 is 2.09 bits per heavy atom. The highest BCUT2D eigenvalue weighted by atomic mass is 35.5. The number of rotatable bonds is 5. The van der Waals surface area contributed by atoms with E-state index in [1.54, 1.807) is 0 Å².